The van der Waals surface area contributed by atoms with E-state index in [0.29, 0.717) is 26.7 Å². The van der Waals surface area contributed by atoms with Gasteiger partial charge in [-0.05, 0) is 51.1 Å². The first-order valence-corrected chi connectivity index (χ1v) is 11.3. The molecule has 0 fully saturated rings. The molecular weight excluding hydrogens is 408 g/mol. The number of hydrogen-bond donors (Lipinski definition) is 0. The number of anilines is 1. The maximum Gasteiger partial charge on any atom is 0.158 e. The molecule has 0 atom stereocenters. The minimum atomic E-state index is 0.403. The zero-order valence-electron chi connectivity index (χ0n) is 19.2. The molecule has 0 spiro atoms. The first kappa shape index (κ1) is 24.3. The number of rotatable bonds is 10. The van der Waals surface area contributed by atoms with E-state index in [-0.39, 0.29) is 0 Å². The Morgan fingerprint density at radius 3 is 2.26 bits per heavy atom. The summed E-state index contributed by atoms with van der Waals surface area (Å²) in [6.45, 7) is 15.1. The molecule has 1 heterocycles. The highest BCUT2D eigenvalue weighted by Gasteiger charge is 2.17. The van der Waals surface area contributed by atoms with Crippen molar-refractivity contribution in [1.29, 1.82) is 10.5 Å². The number of nitrogens with zero attached hydrogens (tertiary/aromatic N) is 6. The Kier molecular flexibility index (Phi) is 8.99. The molecule has 8 heteroatoms. The van der Waals surface area contributed by atoms with Crippen LogP contribution >= 0.6 is 11.3 Å². The number of benzene rings is 1. The molecule has 0 aliphatic carbocycles. The molecule has 0 amide bonds. The van der Waals surface area contributed by atoms with Gasteiger partial charge in [-0.25, -0.2) is 0 Å². The lowest BCUT2D eigenvalue weighted by molar-refractivity contribution is 0.309. The smallest absolute Gasteiger partial charge is 0.158 e. The molecule has 0 radical (unpaired) electrons. The van der Waals surface area contributed by atoms with Crippen LogP contribution in [-0.4, -0.2) is 44.7 Å². The topological polar surface area (TPSA) is 88.0 Å². The van der Waals surface area contributed by atoms with Crippen LogP contribution in [-0.2, 0) is 0 Å². The lowest BCUT2D eigenvalue weighted by atomic mass is 10.1. The summed E-state index contributed by atoms with van der Waals surface area (Å²) >= 11 is 1.18. The van der Waals surface area contributed by atoms with Gasteiger partial charge in [0.1, 0.15) is 22.8 Å². The molecule has 7 nitrogen and oxygen atoms in total. The van der Waals surface area contributed by atoms with Crippen LogP contribution < -0.4 is 9.64 Å². The summed E-state index contributed by atoms with van der Waals surface area (Å²) in [5.74, 6) is 0.738. The van der Waals surface area contributed by atoms with Crippen LogP contribution in [0, 0.1) is 36.5 Å². The van der Waals surface area contributed by atoms with E-state index < -0.39 is 0 Å². The molecule has 2 rings (SSSR count). The molecule has 0 bridgehead atoms. The Morgan fingerprint density at radius 2 is 1.71 bits per heavy atom. The van der Waals surface area contributed by atoms with E-state index in [2.05, 4.69) is 59.0 Å². The van der Waals surface area contributed by atoms with Crippen molar-refractivity contribution in [3.63, 3.8) is 0 Å². The van der Waals surface area contributed by atoms with Crippen molar-refractivity contribution in [3.8, 4) is 17.9 Å². The van der Waals surface area contributed by atoms with Crippen molar-refractivity contribution in [2.24, 2.45) is 10.2 Å². The van der Waals surface area contributed by atoms with Crippen LogP contribution in [0.2, 0.25) is 0 Å². The lowest BCUT2D eigenvalue weighted by Crippen LogP contribution is -2.35. The predicted molar refractivity (Wildman–Crippen MR) is 126 cm³/mol. The van der Waals surface area contributed by atoms with Crippen LogP contribution in [0.25, 0.3) is 0 Å². The molecule has 0 unspecified atom stereocenters. The highest BCUT2D eigenvalue weighted by molar-refractivity contribution is 7.16. The van der Waals surface area contributed by atoms with Gasteiger partial charge >= 0.3 is 0 Å². The van der Waals surface area contributed by atoms with Crippen molar-refractivity contribution >= 4 is 27.7 Å². The van der Waals surface area contributed by atoms with E-state index in [1.807, 2.05) is 13.0 Å². The quantitative estimate of drug-likeness (QED) is 0.444. The predicted octanol–water partition coefficient (Wildman–Crippen LogP) is 5.70. The summed E-state index contributed by atoms with van der Waals surface area (Å²) < 4.78 is 5.67. The van der Waals surface area contributed by atoms with Crippen molar-refractivity contribution in [2.75, 3.05) is 44.7 Å². The van der Waals surface area contributed by atoms with Crippen LogP contribution in [0.15, 0.2) is 22.4 Å². The molecule has 0 aliphatic rings. The zero-order valence-corrected chi connectivity index (χ0v) is 20.0. The zero-order chi connectivity index (χ0) is 23.0. The Bertz CT molecular complexity index is 1010. The van der Waals surface area contributed by atoms with Crippen molar-refractivity contribution in [3.05, 3.63) is 33.7 Å². The van der Waals surface area contributed by atoms with Crippen molar-refractivity contribution in [2.45, 2.75) is 34.6 Å². The second-order valence-corrected chi connectivity index (χ2v) is 8.08. The minimum Gasteiger partial charge on any atom is -0.495 e. The first-order chi connectivity index (χ1) is 14.9. The second-order valence-electron chi connectivity index (χ2n) is 7.08. The molecule has 164 valence electrons. The van der Waals surface area contributed by atoms with E-state index in [4.69, 9.17) is 4.74 Å². The number of nitriles is 2. The van der Waals surface area contributed by atoms with Crippen LogP contribution in [0.3, 0.4) is 0 Å². The number of azo groups is 1. The van der Waals surface area contributed by atoms with Gasteiger partial charge in [0, 0.05) is 25.7 Å². The largest absolute Gasteiger partial charge is 0.495 e. The maximum atomic E-state index is 9.41. The van der Waals surface area contributed by atoms with E-state index in [0.717, 1.165) is 49.7 Å². The lowest BCUT2D eigenvalue weighted by Gasteiger charge is -2.28. The number of ether oxygens (including phenoxy) is 1. The van der Waals surface area contributed by atoms with E-state index in [1.54, 1.807) is 14.0 Å². The van der Waals surface area contributed by atoms with Gasteiger partial charge < -0.3 is 14.5 Å². The van der Waals surface area contributed by atoms with E-state index >= 15 is 0 Å². The van der Waals surface area contributed by atoms with Gasteiger partial charge in [0.05, 0.1) is 24.0 Å². The van der Waals surface area contributed by atoms with E-state index in [9.17, 15) is 10.5 Å². The number of aryl methyl sites for hydroxylation is 1. The fourth-order valence-corrected chi connectivity index (χ4v) is 4.21. The average Bonchev–Trinajstić information content (AvgIpc) is 3.10. The van der Waals surface area contributed by atoms with Gasteiger partial charge in [0.15, 0.2) is 5.00 Å². The number of hydrogen-bond acceptors (Lipinski definition) is 8. The Hall–Kier alpha value is -2.94. The van der Waals surface area contributed by atoms with Gasteiger partial charge in [-0.3, -0.25) is 0 Å². The van der Waals surface area contributed by atoms with Gasteiger partial charge in [-0.2, -0.15) is 10.5 Å². The standard InChI is InChI=1S/C23H30N6OS/c1-7-28(8-2)10-11-29(9-3)20-12-16(4)19(13-21(20)30-6)26-27-23-18(14-24)17(5)22(15-25)31-23/h12-13H,7-11H2,1-6H3. The fraction of sp³-hybridized carbons (Fsp3) is 0.478. The summed E-state index contributed by atoms with van der Waals surface area (Å²) in [6, 6.07) is 8.19. The summed E-state index contributed by atoms with van der Waals surface area (Å²) in [6.07, 6.45) is 0. The SMILES string of the molecule is CCN(CC)CCN(CC)c1cc(C)c(N=Nc2sc(C#N)c(C)c2C#N)cc1OC. The van der Waals surface area contributed by atoms with Gasteiger partial charge in [0.2, 0.25) is 0 Å². The first-order valence-electron chi connectivity index (χ1n) is 10.4. The van der Waals surface area contributed by atoms with Gasteiger partial charge in [0.25, 0.3) is 0 Å². The second kappa shape index (κ2) is 11.5. The number of likely N-dealkylation sites (N-methyl/N-ethyl adjacent to an activating group) is 2. The number of thiophene rings is 1. The maximum absolute atomic E-state index is 9.41. The molecule has 0 aliphatic heterocycles. The summed E-state index contributed by atoms with van der Waals surface area (Å²) in [4.78, 5) is 5.19. The fourth-order valence-electron chi connectivity index (χ4n) is 3.34. The summed E-state index contributed by atoms with van der Waals surface area (Å²) in [7, 11) is 1.66. The Balaban J connectivity index is 2.35. The van der Waals surface area contributed by atoms with Crippen LogP contribution in [0.4, 0.5) is 16.4 Å². The normalized spacial score (nSPS) is 11.0. The summed E-state index contributed by atoms with van der Waals surface area (Å²) in [5.41, 5.74) is 3.73. The van der Waals surface area contributed by atoms with Crippen LogP contribution in [0.5, 0.6) is 5.75 Å². The molecule has 2 aromatic rings. The Morgan fingerprint density at radius 1 is 1.00 bits per heavy atom. The van der Waals surface area contributed by atoms with Crippen molar-refractivity contribution in [1.82, 2.24) is 4.90 Å². The monoisotopic (exact) mass is 438 g/mol. The highest BCUT2D eigenvalue weighted by Crippen LogP contribution is 2.38. The molecular formula is C23H30N6OS. The van der Waals surface area contributed by atoms with Crippen molar-refractivity contribution < 1.29 is 4.74 Å². The third-order valence-corrected chi connectivity index (χ3v) is 6.47. The van der Waals surface area contributed by atoms with E-state index in [1.165, 1.54) is 11.3 Å². The molecule has 0 N–H and O–H groups in total. The number of methoxy groups -OCH3 is 1. The third kappa shape index (κ3) is 5.61. The van der Waals surface area contributed by atoms with Gasteiger partial charge in [-0.15, -0.1) is 21.6 Å². The molecule has 31 heavy (non-hydrogen) atoms. The minimum absolute atomic E-state index is 0.403. The summed E-state index contributed by atoms with van der Waals surface area (Å²) in [5, 5.41) is 27.7. The average molecular weight is 439 g/mol. The molecule has 1 aromatic heterocycles. The molecule has 0 saturated heterocycles. The molecule has 1 aromatic carbocycles. The van der Waals surface area contributed by atoms with Crippen LogP contribution in [0.1, 0.15) is 42.3 Å². The third-order valence-electron chi connectivity index (χ3n) is 5.39. The highest BCUT2D eigenvalue weighted by atomic mass is 32.1. The molecule has 0 saturated carbocycles. The Labute approximate surface area is 189 Å². The van der Waals surface area contributed by atoms with Gasteiger partial charge in [-0.1, -0.05) is 13.8 Å².